The SMILES string of the molecule is Cc1cccc(C)c1NC(=O)C1(N(Cc2ccco2)C(=O)c2ccc(Cl)cc2)CCC(C)CC1. The average molecular weight is 479 g/mol. The van der Waals surface area contributed by atoms with Crippen molar-refractivity contribution in [3.05, 3.63) is 88.3 Å². The third-order valence-corrected chi connectivity index (χ3v) is 7.24. The summed E-state index contributed by atoms with van der Waals surface area (Å²) in [6.07, 6.45) is 4.49. The lowest BCUT2D eigenvalue weighted by molar-refractivity contribution is -0.130. The number of hydrogen-bond donors (Lipinski definition) is 1. The molecular weight excluding hydrogens is 448 g/mol. The summed E-state index contributed by atoms with van der Waals surface area (Å²) >= 11 is 6.07. The first-order valence-corrected chi connectivity index (χ1v) is 12.2. The summed E-state index contributed by atoms with van der Waals surface area (Å²) in [5.41, 5.74) is 2.30. The zero-order chi connectivity index (χ0) is 24.3. The lowest BCUT2D eigenvalue weighted by atomic mass is 9.74. The summed E-state index contributed by atoms with van der Waals surface area (Å²) in [6, 6.07) is 16.4. The summed E-state index contributed by atoms with van der Waals surface area (Å²) in [4.78, 5) is 29.7. The van der Waals surface area contributed by atoms with Crippen molar-refractivity contribution >= 4 is 29.1 Å². The maximum atomic E-state index is 14.1. The highest BCUT2D eigenvalue weighted by molar-refractivity contribution is 6.30. The van der Waals surface area contributed by atoms with Crippen LogP contribution in [0, 0.1) is 19.8 Å². The van der Waals surface area contributed by atoms with Gasteiger partial charge in [0, 0.05) is 16.3 Å². The van der Waals surface area contributed by atoms with Crippen LogP contribution >= 0.6 is 11.6 Å². The van der Waals surface area contributed by atoms with Crippen molar-refractivity contribution in [1.82, 2.24) is 4.90 Å². The van der Waals surface area contributed by atoms with Crippen LogP contribution in [0.15, 0.2) is 65.3 Å². The molecule has 6 heteroatoms. The van der Waals surface area contributed by atoms with Gasteiger partial charge in [0.2, 0.25) is 5.91 Å². The normalized spacial score (nSPS) is 20.1. The molecule has 178 valence electrons. The first kappa shape index (κ1) is 24.1. The second kappa shape index (κ2) is 10.1. The molecule has 1 N–H and O–H groups in total. The monoisotopic (exact) mass is 478 g/mol. The molecule has 0 atom stereocenters. The minimum absolute atomic E-state index is 0.148. The second-order valence-electron chi connectivity index (χ2n) is 9.41. The molecule has 5 nitrogen and oxygen atoms in total. The average Bonchev–Trinajstić information content (AvgIpc) is 3.34. The van der Waals surface area contributed by atoms with Crippen LogP contribution in [0.5, 0.6) is 0 Å². The van der Waals surface area contributed by atoms with E-state index in [1.54, 1.807) is 41.5 Å². The van der Waals surface area contributed by atoms with E-state index in [2.05, 4.69) is 12.2 Å². The molecule has 0 spiro atoms. The van der Waals surface area contributed by atoms with E-state index < -0.39 is 5.54 Å². The fourth-order valence-corrected chi connectivity index (χ4v) is 4.95. The van der Waals surface area contributed by atoms with Crippen molar-refractivity contribution in [2.24, 2.45) is 5.92 Å². The van der Waals surface area contributed by atoms with Gasteiger partial charge < -0.3 is 14.6 Å². The number of hydrogen-bond acceptors (Lipinski definition) is 3. The van der Waals surface area contributed by atoms with Crippen LogP contribution in [0.2, 0.25) is 5.02 Å². The minimum atomic E-state index is -0.995. The molecule has 4 rings (SSSR count). The summed E-state index contributed by atoms with van der Waals surface area (Å²) in [7, 11) is 0. The van der Waals surface area contributed by atoms with E-state index in [0.29, 0.717) is 35.1 Å². The Balaban J connectivity index is 1.77. The van der Waals surface area contributed by atoms with Gasteiger partial charge in [-0.05, 0) is 93.0 Å². The Labute approximate surface area is 206 Å². The number of nitrogens with one attached hydrogen (secondary N) is 1. The predicted octanol–water partition coefficient (Wildman–Crippen LogP) is 6.78. The molecule has 1 heterocycles. The van der Waals surface area contributed by atoms with Gasteiger partial charge in [-0.3, -0.25) is 9.59 Å². The standard InChI is InChI=1S/C28H31ClN2O3/c1-19-13-15-28(16-14-19,27(33)30-25-20(2)6-4-7-21(25)3)31(18-24-8-5-17-34-24)26(32)22-9-11-23(29)12-10-22/h4-12,17,19H,13-16,18H2,1-3H3,(H,30,33). The van der Waals surface area contributed by atoms with Gasteiger partial charge in [-0.1, -0.05) is 36.7 Å². The third kappa shape index (κ3) is 4.90. The van der Waals surface area contributed by atoms with Crippen LogP contribution in [0.4, 0.5) is 5.69 Å². The molecule has 3 aromatic rings. The lowest BCUT2D eigenvalue weighted by Crippen LogP contribution is -2.60. The van der Waals surface area contributed by atoms with Gasteiger partial charge in [0.25, 0.3) is 5.91 Å². The van der Waals surface area contributed by atoms with Crippen LogP contribution in [-0.4, -0.2) is 22.3 Å². The van der Waals surface area contributed by atoms with E-state index >= 15 is 0 Å². The third-order valence-electron chi connectivity index (χ3n) is 6.99. The largest absolute Gasteiger partial charge is 0.467 e. The highest BCUT2D eigenvalue weighted by Crippen LogP contribution is 2.40. The number of rotatable bonds is 6. The van der Waals surface area contributed by atoms with Crippen molar-refractivity contribution in [3.8, 4) is 0 Å². The van der Waals surface area contributed by atoms with Gasteiger partial charge in [0.1, 0.15) is 11.3 Å². The number of halogens is 1. The topological polar surface area (TPSA) is 62.6 Å². The predicted molar refractivity (Wildman–Crippen MR) is 135 cm³/mol. The van der Waals surface area contributed by atoms with E-state index in [9.17, 15) is 9.59 Å². The first-order chi connectivity index (χ1) is 16.3. The van der Waals surface area contributed by atoms with Gasteiger partial charge in [-0.25, -0.2) is 0 Å². The summed E-state index contributed by atoms with van der Waals surface area (Å²) in [6.45, 7) is 6.38. The van der Waals surface area contributed by atoms with Crippen LogP contribution in [-0.2, 0) is 11.3 Å². The van der Waals surface area contributed by atoms with E-state index in [1.807, 2.05) is 38.1 Å². The fourth-order valence-electron chi connectivity index (χ4n) is 4.82. The Morgan fingerprint density at radius 3 is 2.26 bits per heavy atom. The number of carbonyl (C=O) groups is 2. The fraction of sp³-hybridized carbons (Fsp3) is 0.357. The zero-order valence-electron chi connectivity index (χ0n) is 19.9. The molecule has 2 amide bonds. The van der Waals surface area contributed by atoms with E-state index in [-0.39, 0.29) is 18.4 Å². The molecule has 1 saturated carbocycles. The van der Waals surface area contributed by atoms with Crippen LogP contribution in [0.3, 0.4) is 0 Å². The Bertz CT molecular complexity index is 1130. The van der Waals surface area contributed by atoms with Crippen molar-refractivity contribution < 1.29 is 14.0 Å². The van der Waals surface area contributed by atoms with E-state index in [4.69, 9.17) is 16.0 Å². The quantitative estimate of drug-likeness (QED) is 0.424. The summed E-state index contributed by atoms with van der Waals surface area (Å²) in [5, 5.41) is 3.75. The van der Waals surface area contributed by atoms with E-state index in [1.165, 1.54) is 0 Å². The summed E-state index contributed by atoms with van der Waals surface area (Å²) < 4.78 is 5.62. The molecule has 2 aromatic carbocycles. The van der Waals surface area contributed by atoms with Gasteiger partial charge in [-0.2, -0.15) is 0 Å². The molecule has 0 bridgehead atoms. The van der Waals surface area contributed by atoms with Gasteiger partial charge in [0.15, 0.2) is 0 Å². The zero-order valence-corrected chi connectivity index (χ0v) is 20.7. The van der Waals surface area contributed by atoms with Crippen LogP contribution < -0.4 is 5.32 Å². The molecule has 0 aliphatic heterocycles. The number of para-hydroxylation sites is 1. The first-order valence-electron chi connectivity index (χ1n) is 11.8. The Morgan fingerprint density at radius 1 is 1.03 bits per heavy atom. The molecule has 1 aliphatic carbocycles. The van der Waals surface area contributed by atoms with Crippen molar-refractivity contribution in [2.75, 3.05) is 5.32 Å². The maximum Gasteiger partial charge on any atom is 0.255 e. The Kier molecular flexibility index (Phi) is 7.13. The number of aryl methyl sites for hydroxylation is 2. The molecule has 0 radical (unpaired) electrons. The number of anilines is 1. The molecular formula is C28H31ClN2O3. The second-order valence-corrected chi connectivity index (χ2v) is 9.85. The summed E-state index contributed by atoms with van der Waals surface area (Å²) in [5.74, 6) is 0.780. The highest BCUT2D eigenvalue weighted by Gasteiger charge is 2.48. The van der Waals surface area contributed by atoms with Crippen molar-refractivity contribution in [3.63, 3.8) is 0 Å². The number of amides is 2. The van der Waals surface area contributed by atoms with Gasteiger partial charge >= 0.3 is 0 Å². The number of carbonyl (C=O) groups excluding carboxylic acids is 2. The molecule has 0 unspecified atom stereocenters. The van der Waals surface area contributed by atoms with Crippen molar-refractivity contribution in [1.29, 1.82) is 0 Å². The lowest BCUT2D eigenvalue weighted by Gasteiger charge is -2.46. The number of furan rings is 1. The molecule has 0 saturated heterocycles. The Hall–Kier alpha value is -3.05. The highest BCUT2D eigenvalue weighted by atomic mass is 35.5. The van der Waals surface area contributed by atoms with Gasteiger partial charge in [0.05, 0.1) is 12.8 Å². The molecule has 1 aliphatic rings. The smallest absolute Gasteiger partial charge is 0.255 e. The van der Waals surface area contributed by atoms with E-state index in [0.717, 1.165) is 29.7 Å². The Morgan fingerprint density at radius 2 is 1.68 bits per heavy atom. The number of benzene rings is 2. The number of nitrogens with zero attached hydrogens (tertiary/aromatic N) is 1. The van der Waals surface area contributed by atoms with Crippen molar-refractivity contribution in [2.45, 2.75) is 58.5 Å². The van der Waals surface area contributed by atoms with Crippen LogP contribution in [0.1, 0.15) is 59.9 Å². The van der Waals surface area contributed by atoms with Gasteiger partial charge in [-0.15, -0.1) is 0 Å². The maximum absolute atomic E-state index is 14.1. The molecule has 34 heavy (non-hydrogen) atoms. The molecule has 1 aromatic heterocycles. The molecule has 1 fully saturated rings. The minimum Gasteiger partial charge on any atom is -0.467 e. The van der Waals surface area contributed by atoms with Crippen LogP contribution in [0.25, 0.3) is 0 Å².